The van der Waals surface area contributed by atoms with E-state index in [4.69, 9.17) is 0 Å². The maximum absolute atomic E-state index is 4.10. The molecule has 2 bridgehead atoms. The molecule has 2 aliphatic rings. The first kappa shape index (κ1) is 7.35. The summed E-state index contributed by atoms with van der Waals surface area (Å²) in [4.78, 5) is 0. The lowest BCUT2D eigenvalue weighted by Gasteiger charge is -2.30. The number of hydrogen-bond acceptors (Lipinski definition) is 1. The van der Waals surface area contributed by atoms with Crippen LogP contribution in [0.4, 0.5) is 0 Å². The van der Waals surface area contributed by atoms with Crippen LogP contribution in [0.15, 0.2) is 12.2 Å². The second kappa shape index (κ2) is 2.63. The van der Waals surface area contributed by atoms with Crippen molar-refractivity contribution in [1.29, 1.82) is 0 Å². The summed E-state index contributed by atoms with van der Waals surface area (Å²) in [5, 5.41) is 3.45. The van der Waals surface area contributed by atoms with Crippen LogP contribution in [-0.2, 0) is 0 Å². The molecule has 0 aliphatic heterocycles. The summed E-state index contributed by atoms with van der Waals surface area (Å²) in [5.41, 5.74) is 1.49. The van der Waals surface area contributed by atoms with Gasteiger partial charge in [-0.2, -0.15) is 0 Å². The summed E-state index contributed by atoms with van der Waals surface area (Å²) in [7, 11) is 2.10. The molecule has 2 unspecified atom stereocenters. The fraction of sp³-hybridized carbons (Fsp3) is 0.800. The first-order chi connectivity index (χ1) is 5.31. The van der Waals surface area contributed by atoms with Crippen LogP contribution in [0.2, 0.25) is 0 Å². The van der Waals surface area contributed by atoms with Crippen molar-refractivity contribution in [3.63, 3.8) is 0 Å². The van der Waals surface area contributed by atoms with Gasteiger partial charge in [-0.05, 0) is 44.6 Å². The van der Waals surface area contributed by atoms with Gasteiger partial charge in [0.05, 0.1) is 0 Å². The Morgan fingerprint density at radius 1 is 1.27 bits per heavy atom. The van der Waals surface area contributed by atoms with Gasteiger partial charge in [0, 0.05) is 6.04 Å². The van der Waals surface area contributed by atoms with E-state index >= 15 is 0 Å². The molecule has 0 saturated heterocycles. The highest BCUT2D eigenvalue weighted by Gasteiger charge is 2.38. The molecule has 1 N–H and O–H groups in total. The van der Waals surface area contributed by atoms with Crippen molar-refractivity contribution in [1.82, 2.24) is 5.32 Å². The van der Waals surface area contributed by atoms with E-state index in [1.54, 1.807) is 0 Å². The summed E-state index contributed by atoms with van der Waals surface area (Å²) in [6, 6.07) is 0.806. The highest BCUT2D eigenvalue weighted by molar-refractivity contribution is 5.09. The van der Waals surface area contributed by atoms with Gasteiger partial charge in [-0.1, -0.05) is 12.2 Å². The molecule has 2 fully saturated rings. The molecule has 0 aromatic heterocycles. The van der Waals surface area contributed by atoms with Gasteiger partial charge in [0.15, 0.2) is 0 Å². The topological polar surface area (TPSA) is 12.0 Å². The van der Waals surface area contributed by atoms with E-state index in [1.165, 1.54) is 31.3 Å². The summed E-state index contributed by atoms with van der Waals surface area (Å²) >= 11 is 0. The maximum atomic E-state index is 4.10. The van der Waals surface area contributed by atoms with Crippen LogP contribution in [0.3, 0.4) is 0 Å². The third kappa shape index (κ3) is 1.12. The summed E-state index contributed by atoms with van der Waals surface area (Å²) in [6.07, 6.45) is 5.41. The van der Waals surface area contributed by atoms with Crippen molar-refractivity contribution in [2.24, 2.45) is 11.8 Å². The van der Waals surface area contributed by atoms with Gasteiger partial charge >= 0.3 is 0 Å². The molecule has 0 radical (unpaired) electrons. The summed E-state index contributed by atoms with van der Waals surface area (Å²) < 4.78 is 0. The van der Waals surface area contributed by atoms with Gasteiger partial charge in [0.1, 0.15) is 0 Å². The van der Waals surface area contributed by atoms with Crippen molar-refractivity contribution in [3.8, 4) is 0 Å². The quantitative estimate of drug-likeness (QED) is 0.565. The predicted octanol–water partition coefficient (Wildman–Crippen LogP) is 1.95. The molecular weight excluding hydrogens is 134 g/mol. The fourth-order valence-corrected chi connectivity index (χ4v) is 2.93. The Hall–Kier alpha value is -0.300. The first-order valence-corrected chi connectivity index (χ1v) is 4.65. The molecule has 0 spiro atoms. The van der Waals surface area contributed by atoms with Crippen molar-refractivity contribution in [2.75, 3.05) is 7.05 Å². The Labute approximate surface area is 68.9 Å². The van der Waals surface area contributed by atoms with E-state index in [0.717, 1.165) is 17.9 Å². The van der Waals surface area contributed by atoms with Crippen molar-refractivity contribution in [2.45, 2.75) is 31.7 Å². The molecule has 2 aliphatic carbocycles. The molecule has 62 valence electrons. The van der Waals surface area contributed by atoms with Crippen LogP contribution in [-0.4, -0.2) is 13.1 Å². The minimum Gasteiger partial charge on any atom is -0.316 e. The molecule has 0 amide bonds. The summed E-state index contributed by atoms with van der Waals surface area (Å²) in [5.74, 6) is 1.82. The number of nitrogens with one attached hydrogen (secondary N) is 1. The molecule has 0 heterocycles. The fourth-order valence-electron chi connectivity index (χ4n) is 2.93. The predicted molar refractivity (Wildman–Crippen MR) is 47.4 cm³/mol. The minimum absolute atomic E-state index is 0.806. The summed E-state index contributed by atoms with van der Waals surface area (Å²) in [6.45, 7) is 4.10. The molecule has 2 atom stereocenters. The molecule has 0 aromatic rings. The second-order valence-electron chi connectivity index (χ2n) is 4.07. The van der Waals surface area contributed by atoms with E-state index in [0.29, 0.717) is 0 Å². The largest absolute Gasteiger partial charge is 0.316 e. The third-order valence-electron chi connectivity index (χ3n) is 3.36. The maximum Gasteiger partial charge on any atom is 0.0127 e. The van der Waals surface area contributed by atoms with E-state index < -0.39 is 0 Å². The second-order valence-corrected chi connectivity index (χ2v) is 4.07. The monoisotopic (exact) mass is 151 g/mol. The zero-order valence-corrected chi connectivity index (χ0v) is 7.27. The van der Waals surface area contributed by atoms with Gasteiger partial charge < -0.3 is 5.32 Å². The highest BCUT2D eigenvalue weighted by Crippen LogP contribution is 2.43. The Morgan fingerprint density at radius 3 is 2.27 bits per heavy atom. The van der Waals surface area contributed by atoms with Crippen LogP contribution in [0.5, 0.6) is 0 Å². The van der Waals surface area contributed by atoms with Gasteiger partial charge in [0.25, 0.3) is 0 Å². The molecule has 2 rings (SSSR count). The van der Waals surface area contributed by atoms with E-state index in [1.807, 2.05) is 0 Å². The normalized spacial score (nSPS) is 43.0. The average molecular weight is 151 g/mol. The van der Waals surface area contributed by atoms with Crippen LogP contribution >= 0.6 is 0 Å². The van der Waals surface area contributed by atoms with Crippen molar-refractivity contribution < 1.29 is 0 Å². The van der Waals surface area contributed by atoms with E-state index in [2.05, 4.69) is 18.9 Å². The molecule has 2 saturated carbocycles. The molecule has 1 heteroatoms. The first-order valence-electron chi connectivity index (χ1n) is 4.65. The number of fused-ring (bicyclic) bond motifs is 2. The molecule has 0 aromatic carbocycles. The Balaban J connectivity index is 2.12. The van der Waals surface area contributed by atoms with Crippen molar-refractivity contribution in [3.05, 3.63) is 12.2 Å². The van der Waals surface area contributed by atoms with Gasteiger partial charge in [-0.3, -0.25) is 0 Å². The zero-order valence-electron chi connectivity index (χ0n) is 7.27. The lowest BCUT2D eigenvalue weighted by Crippen LogP contribution is -2.37. The lowest BCUT2D eigenvalue weighted by atomic mass is 9.82. The van der Waals surface area contributed by atoms with Crippen LogP contribution < -0.4 is 5.32 Å². The molecule has 11 heavy (non-hydrogen) atoms. The van der Waals surface area contributed by atoms with E-state index in [9.17, 15) is 0 Å². The lowest BCUT2D eigenvalue weighted by molar-refractivity contribution is 0.313. The van der Waals surface area contributed by atoms with Crippen molar-refractivity contribution >= 4 is 0 Å². The van der Waals surface area contributed by atoms with Gasteiger partial charge in [-0.25, -0.2) is 0 Å². The van der Waals surface area contributed by atoms with Crippen LogP contribution in [0.1, 0.15) is 25.7 Å². The molecular formula is C10H17N. The Kier molecular flexibility index (Phi) is 1.76. The standard InChI is InChI=1S/C10H17N/c1-7-5-8-3-4-9(6-7)10(8)11-2/h8-11H,1,3-6H2,2H3. The number of rotatable bonds is 1. The zero-order chi connectivity index (χ0) is 7.84. The highest BCUT2D eigenvalue weighted by atomic mass is 14.9. The van der Waals surface area contributed by atoms with Crippen LogP contribution in [0.25, 0.3) is 0 Å². The average Bonchev–Trinajstić information content (AvgIpc) is 2.23. The number of hydrogen-bond donors (Lipinski definition) is 1. The third-order valence-corrected chi connectivity index (χ3v) is 3.36. The Morgan fingerprint density at radius 2 is 1.82 bits per heavy atom. The Bertz CT molecular complexity index is 158. The number of allylic oxidation sites excluding steroid dienone is 1. The van der Waals surface area contributed by atoms with Gasteiger partial charge in [0.2, 0.25) is 0 Å². The minimum atomic E-state index is 0.806. The molecule has 1 nitrogen and oxygen atoms in total. The smallest absolute Gasteiger partial charge is 0.0127 e. The van der Waals surface area contributed by atoms with Crippen LogP contribution in [0, 0.1) is 11.8 Å². The van der Waals surface area contributed by atoms with E-state index in [-0.39, 0.29) is 0 Å². The van der Waals surface area contributed by atoms with Gasteiger partial charge in [-0.15, -0.1) is 0 Å². The SMILES string of the molecule is C=C1CC2CCC(C1)C2NC.